The molecule has 2 amide bonds. The number of nitrogens with one attached hydrogen (secondary N) is 2. The van der Waals surface area contributed by atoms with Crippen LogP contribution in [0.15, 0.2) is 47.3 Å². The van der Waals surface area contributed by atoms with Crippen LogP contribution in [0.2, 0.25) is 0 Å². The minimum Gasteiger partial charge on any atom is -0.267 e. The molecule has 1 aromatic heterocycles. The van der Waals surface area contributed by atoms with Gasteiger partial charge in [-0.05, 0) is 45.9 Å². The number of hydrogen-bond donors (Lipinski definition) is 2. The van der Waals surface area contributed by atoms with Gasteiger partial charge < -0.3 is 0 Å². The molecule has 0 aliphatic heterocycles. The predicted octanol–water partition coefficient (Wildman–Crippen LogP) is 2.67. The normalized spacial score (nSPS) is 10.9. The minimum absolute atomic E-state index is 0.0737. The largest absolute Gasteiger partial charge is 0.290 e. The Labute approximate surface area is 162 Å². The number of hydrazine groups is 1. The highest BCUT2D eigenvalue weighted by molar-refractivity contribution is 6.06. The molecule has 1 heterocycles. The van der Waals surface area contributed by atoms with Gasteiger partial charge in [0.25, 0.3) is 17.4 Å². The minimum atomic E-state index is -0.594. The summed E-state index contributed by atoms with van der Waals surface area (Å²) < 4.78 is 1.27. The van der Waals surface area contributed by atoms with Crippen LogP contribution >= 0.6 is 0 Å². The zero-order chi connectivity index (χ0) is 20.4. The standard InChI is InChI=1S/C21H22N4O3/c1-12(2)25-21(28)17-8-6-5-7-16(17)18(24-25)20(27)23-22-19(26)15-10-13(3)9-14(4)11-15/h5-12H,1-4H3,(H,22,26)(H,23,27). The molecule has 0 aliphatic carbocycles. The second kappa shape index (κ2) is 7.64. The zero-order valence-electron chi connectivity index (χ0n) is 16.2. The Hall–Kier alpha value is -3.48. The van der Waals surface area contributed by atoms with Gasteiger partial charge >= 0.3 is 0 Å². The van der Waals surface area contributed by atoms with Crippen molar-refractivity contribution in [1.29, 1.82) is 0 Å². The summed E-state index contributed by atoms with van der Waals surface area (Å²) in [6.45, 7) is 7.42. The van der Waals surface area contributed by atoms with Crippen molar-refractivity contribution < 1.29 is 9.59 Å². The molecule has 0 aliphatic rings. The van der Waals surface area contributed by atoms with Crippen LogP contribution in [0.25, 0.3) is 10.8 Å². The highest BCUT2D eigenvalue weighted by Crippen LogP contribution is 2.14. The second-order valence-electron chi connectivity index (χ2n) is 7.02. The van der Waals surface area contributed by atoms with E-state index in [0.717, 1.165) is 11.1 Å². The number of aryl methyl sites for hydroxylation is 2. The van der Waals surface area contributed by atoms with Crippen LogP contribution in [0.3, 0.4) is 0 Å². The molecule has 28 heavy (non-hydrogen) atoms. The van der Waals surface area contributed by atoms with Crippen molar-refractivity contribution in [2.24, 2.45) is 0 Å². The Morgan fingerprint density at radius 3 is 2.11 bits per heavy atom. The van der Waals surface area contributed by atoms with Crippen LogP contribution in [0, 0.1) is 13.8 Å². The van der Waals surface area contributed by atoms with Gasteiger partial charge in [0.05, 0.1) is 11.4 Å². The lowest BCUT2D eigenvalue weighted by Crippen LogP contribution is -2.43. The lowest BCUT2D eigenvalue weighted by atomic mass is 10.1. The monoisotopic (exact) mass is 378 g/mol. The van der Waals surface area contributed by atoms with Crippen molar-refractivity contribution in [3.63, 3.8) is 0 Å². The van der Waals surface area contributed by atoms with Crippen molar-refractivity contribution in [3.05, 3.63) is 75.2 Å². The SMILES string of the molecule is Cc1cc(C)cc(C(=O)NNC(=O)c2nn(C(C)C)c(=O)c3ccccc23)c1. The van der Waals surface area contributed by atoms with Gasteiger partial charge in [0, 0.05) is 10.9 Å². The first-order valence-corrected chi connectivity index (χ1v) is 8.98. The average molecular weight is 378 g/mol. The van der Waals surface area contributed by atoms with Gasteiger partial charge in [-0.25, -0.2) is 4.68 Å². The van der Waals surface area contributed by atoms with E-state index in [1.54, 1.807) is 36.4 Å². The number of nitrogens with zero attached hydrogens (tertiary/aromatic N) is 2. The molecule has 0 spiro atoms. The fourth-order valence-corrected chi connectivity index (χ4v) is 3.07. The van der Waals surface area contributed by atoms with Crippen LogP contribution in [-0.4, -0.2) is 21.6 Å². The molecule has 7 heteroatoms. The van der Waals surface area contributed by atoms with Crippen molar-refractivity contribution in [2.45, 2.75) is 33.7 Å². The smallest absolute Gasteiger partial charge is 0.267 e. The maximum Gasteiger partial charge on any atom is 0.290 e. The van der Waals surface area contributed by atoms with Crippen LogP contribution in [0.4, 0.5) is 0 Å². The van der Waals surface area contributed by atoms with Gasteiger partial charge in [0.15, 0.2) is 5.69 Å². The van der Waals surface area contributed by atoms with Crippen molar-refractivity contribution in [2.75, 3.05) is 0 Å². The summed E-state index contributed by atoms with van der Waals surface area (Å²) in [5.74, 6) is -1.02. The van der Waals surface area contributed by atoms with Gasteiger partial charge in [-0.15, -0.1) is 0 Å². The number of rotatable bonds is 3. The number of carbonyl (C=O) groups is 2. The van der Waals surface area contributed by atoms with E-state index in [1.165, 1.54) is 4.68 Å². The number of benzene rings is 2. The van der Waals surface area contributed by atoms with Gasteiger partial charge in [-0.2, -0.15) is 5.10 Å². The van der Waals surface area contributed by atoms with E-state index in [1.807, 2.05) is 33.8 Å². The first-order valence-electron chi connectivity index (χ1n) is 8.98. The molecule has 0 radical (unpaired) electrons. The maximum absolute atomic E-state index is 12.7. The third-order valence-electron chi connectivity index (χ3n) is 4.31. The molecule has 0 saturated heterocycles. The third kappa shape index (κ3) is 3.78. The van der Waals surface area contributed by atoms with Crippen molar-refractivity contribution in [1.82, 2.24) is 20.6 Å². The second-order valence-corrected chi connectivity index (χ2v) is 7.02. The molecule has 2 aromatic carbocycles. The lowest BCUT2D eigenvalue weighted by molar-refractivity contribution is 0.0843. The van der Waals surface area contributed by atoms with Crippen LogP contribution in [0.5, 0.6) is 0 Å². The van der Waals surface area contributed by atoms with Crippen LogP contribution in [-0.2, 0) is 0 Å². The fraction of sp³-hybridized carbons (Fsp3) is 0.238. The van der Waals surface area contributed by atoms with E-state index in [2.05, 4.69) is 16.0 Å². The van der Waals surface area contributed by atoms with Crippen molar-refractivity contribution >= 4 is 22.6 Å². The Morgan fingerprint density at radius 1 is 0.929 bits per heavy atom. The van der Waals surface area contributed by atoms with Crippen LogP contribution in [0.1, 0.15) is 51.9 Å². The van der Waals surface area contributed by atoms with E-state index < -0.39 is 11.8 Å². The maximum atomic E-state index is 12.7. The van der Waals surface area contributed by atoms with Gasteiger partial charge in [0.2, 0.25) is 0 Å². The predicted molar refractivity (Wildman–Crippen MR) is 107 cm³/mol. The molecule has 0 atom stereocenters. The summed E-state index contributed by atoms with van der Waals surface area (Å²) in [7, 11) is 0. The zero-order valence-corrected chi connectivity index (χ0v) is 16.2. The fourth-order valence-electron chi connectivity index (χ4n) is 3.07. The Balaban J connectivity index is 1.90. The molecule has 0 bridgehead atoms. The number of amides is 2. The average Bonchev–Trinajstić information content (AvgIpc) is 2.65. The molecule has 2 N–H and O–H groups in total. The third-order valence-corrected chi connectivity index (χ3v) is 4.31. The topological polar surface area (TPSA) is 93.1 Å². The Kier molecular flexibility index (Phi) is 5.26. The molecule has 0 unspecified atom stereocenters. The number of fused-ring (bicyclic) bond motifs is 1. The molecule has 144 valence electrons. The summed E-state index contributed by atoms with van der Waals surface area (Å²) >= 11 is 0. The molecule has 3 aromatic rings. The number of carbonyl (C=O) groups excluding carboxylic acids is 2. The van der Waals surface area contributed by atoms with E-state index >= 15 is 0 Å². The van der Waals surface area contributed by atoms with E-state index in [9.17, 15) is 14.4 Å². The summed E-state index contributed by atoms with van der Waals surface area (Å²) in [6.07, 6.45) is 0. The first kappa shape index (κ1) is 19.3. The van der Waals surface area contributed by atoms with Gasteiger partial charge in [0.1, 0.15) is 0 Å². The summed E-state index contributed by atoms with van der Waals surface area (Å²) in [4.78, 5) is 37.6. The molecule has 0 fully saturated rings. The Bertz CT molecular complexity index is 1110. The molecule has 0 saturated carbocycles. The van der Waals surface area contributed by atoms with Crippen molar-refractivity contribution in [3.8, 4) is 0 Å². The summed E-state index contributed by atoms with van der Waals surface area (Å²) in [6, 6.07) is 12.0. The van der Waals surface area contributed by atoms with E-state index in [4.69, 9.17) is 0 Å². The quantitative estimate of drug-likeness (QED) is 0.685. The van der Waals surface area contributed by atoms with E-state index in [-0.39, 0.29) is 17.3 Å². The van der Waals surface area contributed by atoms with Gasteiger partial charge in [-0.1, -0.05) is 35.4 Å². The molecule has 7 nitrogen and oxygen atoms in total. The Morgan fingerprint density at radius 2 is 1.50 bits per heavy atom. The van der Waals surface area contributed by atoms with Crippen LogP contribution < -0.4 is 16.4 Å². The highest BCUT2D eigenvalue weighted by Gasteiger charge is 2.18. The number of aromatic nitrogens is 2. The molecular formula is C21H22N4O3. The molecule has 3 rings (SSSR count). The van der Waals surface area contributed by atoms with Gasteiger partial charge in [-0.3, -0.25) is 25.2 Å². The first-order chi connectivity index (χ1) is 13.3. The number of hydrogen-bond acceptors (Lipinski definition) is 4. The highest BCUT2D eigenvalue weighted by atomic mass is 16.2. The molecular weight excluding hydrogens is 356 g/mol. The summed E-state index contributed by atoms with van der Waals surface area (Å²) in [5, 5.41) is 5.05. The lowest BCUT2D eigenvalue weighted by Gasteiger charge is -2.14. The summed E-state index contributed by atoms with van der Waals surface area (Å²) in [5.41, 5.74) is 6.97. The van der Waals surface area contributed by atoms with E-state index in [0.29, 0.717) is 16.3 Å².